The number of ether oxygens (including phenoxy) is 1. The summed E-state index contributed by atoms with van der Waals surface area (Å²) in [4.78, 5) is 0. The van der Waals surface area contributed by atoms with Crippen molar-refractivity contribution >= 4 is 17.3 Å². The number of benzene rings is 3. The fourth-order valence-electron chi connectivity index (χ4n) is 2.94. The molecule has 3 aromatic carbocycles. The first-order chi connectivity index (χ1) is 13.7. The number of hydrogen-bond donors (Lipinski definition) is 1. The molecular weight excluding hydrogens is 374 g/mol. The van der Waals surface area contributed by atoms with Crippen molar-refractivity contribution in [2.45, 2.75) is 6.04 Å². The number of tetrazole rings is 1. The van der Waals surface area contributed by atoms with E-state index in [9.17, 15) is 0 Å². The fraction of sp³-hybridized carbons (Fsp3) is 0.0952. The van der Waals surface area contributed by atoms with Gasteiger partial charge in [-0.2, -0.15) is 4.68 Å². The minimum atomic E-state index is -0.250. The Morgan fingerprint density at radius 2 is 1.64 bits per heavy atom. The van der Waals surface area contributed by atoms with Crippen molar-refractivity contribution in [1.82, 2.24) is 20.2 Å². The van der Waals surface area contributed by atoms with Crippen LogP contribution in [0.2, 0.25) is 5.02 Å². The molecule has 0 aliphatic rings. The zero-order valence-corrected chi connectivity index (χ0v) is 15.9. The Hall–Kier alpha value is -3.38. The van der Waals surface area contributed by atoms with Gasteiger partial charge in [0.25, 0.3) is 0 Å². The molecule has 140 valence electrons. The lowest BCUT2D eigenvalue weighted by Gasteiger charge is -2.20. The summed E-state index contributed by atoms with van der Waals surface area (Å²) >= 11 is 6.02. The van der Waals surface area contributed by atoms with Crippen LogP contribution in [-0.4, -0.2) is 27.3 Å². The van der Waals surface area contributed by atoms with E-state index in [0.717, 1.165) is 22.7 Å². The highest BCUT2D eigenvalue weighted by atomic mass is 35.5. The maximum Gasteiger partial charge on any atom is 0.183 e. The van der Waals surface area contributed by atoms with Gasteiger partial charge in [0.15, 0.2) is 5.82 Å². The van der Waals surface area contributed by atoms with E-state index in [1.807, 2.05) is 78.9 Å². The van der Waals surface area contributed by atoms with Gasteiger partial charge in [0.1, 0.15) is 11.8 Å². The van der Waals surface area contributed by atoms with Crippen LogP contribution >= 0.6 is 11.6 Å². The number of nitrogens with zero attached hydrogens (tertiary/aromatic N) is 4. The Labute approximate surface area is 167 Å². The molecule has 0 unspecified atom stereocenters. The van der Waals surface area contributed by atoms with Gasteiger partial charge in [-0.25, -0.2) is 0 Å². The normalized spacial score (nSPS) is 11.8. The van der Waals surface area contributed by atoms with Crippen LogP contribution in [0, 0.1) is 0 Å². The number of halogens is 1. The van der Waals surface area contributed by atoms with Gasteiger partial charge in [0.05, 0.1) is 12.8 Å². The van der Waals surface area contributed by atoms with E-state index >= 15 is 0 Å². The second kappa shape index (κ2) is 8.10. The SMILES string of the molecule is COc1ccc(N[C@@H](c2ccccc2)c2nnnn2-c2ccc(Cl)cc2)cc1. The third kappa shape index (κ3) is 3.82. The van der Waals surface area contributed by atoms with Gasteiger partial charge in [-0.1, -0.05) is 41.9 Å². The Kier molecular flexibility index (Phi) is 5.21. The van der Waals surface area contributed by atoms with Gasteiger partial charge in [0, 0.05) is 10.7 Å². The minimum Gasteiger partial charge on any atom is -0.497 e. The third-order valence-electron chi connectivity index (χ3n) is 4.36. The molecular formula is C21H18ClN5O. The molecule has 0 amide bonds. The molecule has 0 saturated heterocycles. The van der Waals surface area contributed by atoms with E-state index < -0.39 is 0 Å². The summed E-state index contributed by atoms with van der Waals surface area (Å²) in [6, 6.07) is 25.0. The van der Waals surface area contributed by atoms with Crippen LogP contribution in [0.1, 0.15) is 17.4 Å². The molecule has 0 saturated carbocycles. The van der Waals surface area contributed by atoms with E-state index in [1.54, 1.807) is 11.8 Å². The number of hydrogen-bond acceptors (Lipinski definition) is 5. The molecule has 1 aromatic heterocycles. The van der Waals surface area contributed by atoms with Crippen LogP contribution in [-0.2, 0) is 0 Å². The first-order valence-electron chi connectivity index (χ1n) is 8.74. The minimum absolute atomic E-state index is 0.250. The summed E-state index contributed by atoms with van der Waals surface area (Å²) in [5.41, 5.74) is 2.81. The second-order valence-electron chi connectivity index (χ2n) is 6.14. The van der Waals surface area contributed by atoms with Crippen LogP contribution in [0.4, 0.5) is 5.69 Å². The van der Waals surface area contributed by atoms with Gasteiger partial charge < -0.3 is 10.1 Å². The first-order valence-corrected chi connectivity index (χ1v) is 9.12. The van der Waals surface area contributed by atoms with Crippen LogP contribution in [0.25, 0.3) is 5.69 Å². The molecule has 1 heterocycles. The molecule has 0 aliphatic carbocycles. The van der Waals surface area contributed by atoms with Gasteiger partial charge in [-0.15, -0.1) is 5.10 Å². The Bertz CT molecular complexity index is 1030. The number of nitrogens with one attached hydrogen (secondary N) is 1. The van der Waals surface area contributed by atoms with Crippen molar-refractivity contribution in [3.63, 3.8) is 0 Å². The summed E-state index contributed by atoms with van der Waals surface area (Å²) in [6.45, 7) is 0. The average Bonchev–Trinajstić information content (AvgIpc) is 3.23. The lowest BCUT2D eigenvalue weighted by Crippen LogP contribution is -2.18. The van der Waals surface area contributed by atoms with Gasteiger partial charge in [-0.3, -0.25) is 0 Å². The molecule has 0 radical (unpaired) electrons. The summed E-state index contributed by atoms with van der Waals surface area (Å²) in [7, 11) is 1.65. The molecule has 4 aromatic rings. The Morgan fingerprint density at radius 3 is 2.32 bits per heavy atom. The summed E-state index contributed by atoms with van der Waals surface area (Å²) in [5.74, 6) is 1.47. The molecule has 1 N–H and O–H groups in total. The molecule has 0 bridgehead atoms. The van der Waals surface area contributed by atoms with Crippen LogP contribution in [0.15, 0.2) is 78.9 Å². The molecule has 6 nitrogen and oxygen atoms in total. The topological polar surface area (TPSA) is 64.9 Å². The molecule has 7 heteroatoms. The number of rotatable bonds is 6. The van der Waals surface area contributed by atoms with Gasteiger partial charge in [-0.05, 0) is 64.5 Å². The highest BCUT2D eigenvalue weighted by Gasteiger charge is 2.22. The van der Waals surface area contributed by atoms with E-state index in [1.165, 1.54) is 0 Å². The van der Waals surface area contributed by atoms with Crippen molar-refractivity contribution in [1.29, 1.82) is 0 Å². The van der Waals surface area contributed by atoms with Crippen molar-refractivity contribution < 1.29 is 4.74 Å². The third-order valence-corrected chi connectivity index (χ3v) is 4.61. The molecule has 0 aliphatic heterocycles. The molecule has 0 fully saturated rings. The van der Waals surface area contributed by atoms with E-state index in [4.69, 9.17) is 16.3 Å². The summed E-state index contributed by atoms with van der Waals surface area (Å²) in [6.07, 6.45) is 0. The molecule has 1 atom stereocenters. The summed E-state index contributed by atoms with van der Waals surface area (Å²) in [5, 5.41) is 16.6. The number of methoxy groups -OCH3 is 1. The van der Waals surface area contributed by atoms with Crippen LogP contribution in [0.5, 0.6) is 5.75 Å². The Balaban J connectivity index is 1.74. The quantitative estimate of drug-likeness (QED) is 0.523. The standard InChI is InChI=1S/C21H18ClN5O/c1-28-19-13-9-17(10-14-19)23-20(15-5-3-2-4-6-15)21-24-25-26-27(21)18-11-7-16(22)8-12-18/h2-14,20,23H,1H3/t20-/m0/s1. The lowest BCUT2D eigenvalue weighted by molar-refractivity contribution is 0.415. The van der Waals surface area contributed by atoms with Crippen molar-refractivity contribution in [2.24, 2.45) is 0 Å². The smallest absolute Gasteiger partial charge is 0.183 e. The van der Waals surface area contributed by atoms with Crippen molar-refractivity contribution in [3.05, 3.63) is 95.3 Å². The van der Waals surface area contributed by atoms with E-state index in [2.05, 4.69) is 20.8 Å². The average molecular weight is 392 g/mol. The predicted molar refractivity (Wildman–Crippen MR) is 109 cm³/mol. The highest BCUT2D eigenvalue weighted by molar-refractivity contribution is 6.30. The maximum absolute atomic E-state index is 6.02. The zero-order valence-electron chi connectivity index (χ0n) is 15.2. The van der Waals surface area contributed by atoms with Gasteiger partial charge in [0.2, 0.25) is 0 Å². The summed E-state index contributed by atoms with van der Waals surface area (Å²) < 4.78 is 6.96. The lowest BCUT2D eigenvalue weighted by atomic mass is 10.1. The zero-order chi connectivity index (χ0) is 19.3. The van der Waals surface area contributed by atoms with Gasteiger partial charge >= 0.3 is 0 Å². The highest BCUT2D eigenvalue weighted by Crippen LogP contribution is 2.27. The number of anilines is 1. The molecule has 4 rings (SSSR count). The molecule has 0 spiro atoms. The van der Waals surface area contributed by atoms with Crippen molar-refractivity contribution in [3.8, 4) is 11.4 Å². The first kappa shape index (κ1) is 18.0. The van der Waals surface area contributed by atoms with Crippen LogP contribution < -0.4 is 10.1 Å². The second-order valence-corrected chi connectivity index (χ2v) is 6.58. The predicted octanol–water partition coefficient (Wildman–Crippen LogP) is 4.53. The number of aromatic nitrogens is 4. The fourth-order valence-corrected chi connectivity index (χ4v) is 3.06. The maximum atomic E-state index is 6.02. The van der Waals surface area contributed by atoms with Crippen molar-refractivity contribution in [2.75, 3.05) is 12.4 Å². The Morgan fingerprint density at radius 1 is 0.929 bits per heavy atom. The monoisotopic (exact) mass is 391 g/mol. The largest absolute Gasteiger partial charge is 0.497 e. The van der Waals surface area contributed by atoms with E-state index in [-0.39, 0.29) is 6.04 Å². The van der Waals surface area contributed by atoms with Crippen LogP contribution in [0.3, 0.4) is 0 Å². The van der Waals surface area contributed by atoms with E-state index in [0.29, 0.717) is 10.8 Å². The molecule has 28 heavy (non-hydrogen) atoms.